The second-order valence-electron chi connectivity index (χ2n) is 4.25. The van der Waals surface area contributed by atoms with Crippen LogP contribution in [0, 0.1) is 13.8 Å². The van der Waals surface area contributed by atoms with Gasteiger partial charge in [0, 0.05) is 28.1 Å². The monoisotopic (exact) mass is 261 g/mol. The van der Waals surface area contributed by atoms with Crippen molar-refractivity contribution < 1.29 is 4.74 Å². The van der Waals surface area contributed by atoms with Gasteiger partial charge in [-0.3, -0.25) is 0 Å². The van der Waals surface area contributed by atoms with E-state index in [1.54, 1.807) is 0 Å². The third kappa shape index (κ3) is 3.26. The van der Waals surface area contributed by atoms with E-state index in [-0.39, 0.29) is 0 Å². The molecule has 0 fully saturated rings. The highest BCUT2D eigenvalue weighted by Crippen LogP contribution is 2.23. The number of rotatable bonds is 5. The van der Waals surface area contributed by atoms with Crippen molar-refractivity contribution in [2.45, 2.75) is 27.3 Å². The molecule has 1 heterocycles. The van der Waals surface area contributed by atoms with Gasteiger partial charge >= 0.3 is 0 Å². The Morgan fingerprint density at radius 1 is 1.22 bits per heavy atom. The van der Waals surface area contributed by atoms with Gasteiger partial charge in [-0.1, -0.05) is 6.07 Å². The van der Waals surface area contributed by atoms with Crippen LogP contribution in [-0.4, -0.2) is 6.61 Å². The minimum Gasteiger partial charge on any atom is -0.494 e. The molecule has 1 aromatic carbocycles. The van der Waals surface area contributed by atoms with Gasteiger partial charge in [-0.15, -0.1) is 11.3 Å². The first kappa shape index (κ1) is 13.0. The van der Waals surface area contributed by atoms with Crippen LogP contribution >= 0.6 is 11.3 Å². The van der Waals surface area contributed by atoms with Crippen molar-refractivity contribution in [2.75, 3.05) is 11.9 Å². The van der Waals surface area contributed by atoms with Gasteiger partial charge in [0.15, 0.2) is 0 Å². The number of hydrogen-bond acceptors (Lipinski definition) is 3. The number of nitrogens with one attached hydrogen (secondary N) is 1. The van der Waals surface area contributed by atoms with Gasteiger partial charge in [-0.25, -0.2) is 0 Å². The Kier molecular flexibility index (Phi) is 4.26. The Morgan fingerprint density at radius 3 is 2.72 bits per heavy atom. The third-order valence-electron chi connectivity index (χ3n) is 2.77. The van der Waals surface area contributed by atoms with E-state index in [2.05, 4.69) is 31.3 Å². The molecule has 0 radical (unpaired) electrons. The Hall–Kier alpha value is -1.48. The number of hydrogen-bond donors (Lipinski definition) is 1. The summed E-state index contributed by atoms with van der Waals surface area (Å²) in [6.45, 7) is 7.89. The van der Waals surface area contributed by atoms with Crippen LogP contribution in [0.1, 0.15) is 22.2 Å². The molecule has 18 heavy (non-hydrogen) atoms. The smallest absolute Gasteiger partial charge is 0.121 e. The fourth-order valence-corrected chi connectivity index (χ4v) is 2.87. The van der Waals surface area contributed by atoms with E-state index >= 15 is 0 Å². The van der Waals surface area contributed by atoms with Crippen molar-refractivity contribution in [1.29, 1.82) is 0 Å². The lowest BCUT2D eigenvalue weighted by atomic mass is 10.2. The number of ether oxygens (including phenoxy) is 1. The third-order valence-corrected chi connectivity index (χ3v) is 3.78. The fourth-order valence-electron chi connectivity index (χ4n) is 1.92. The molecule has 0 aliphatic heterocycles. The molecular weight excluding hydrogens is 242 g/mol. The minimum absolute atomic E-state index is 0.701. The highest BCUT2D eigenvalue weighted by Gasteiger charge is 2.03. The molecule has 2 aromatic rings. The Labute approximate surface area is 113 Å². The van der Waals surface area contributed by atoms with Crippen molar-refractivity contribution in [3.63, 3.8) is 0 Å². The second kappa shape index (κ2) is 5.91. The summed E-state index contributed by atoms with van der Waals surface area (Å²) in [5.41, 5.74) is 2.48. The lowest BCUT2D eigenvalue weighted by molar-refractivity contribution is 0.340. The Bertz CT molecular complexity index is 519. The van der Waals surface area contributed by atoms with Crippen LogP contribution in [0.25, 0.3) is 0 Å². The van der Waals surface area contributed by atoms with E-state index in [0.29, 0.717) is 6.61 Å². The van der Waals surface area contributed by atoms with Crippen molar-refractivity contribution in [2.24, 2.45) is 0 Å². The SMILES string of the molecule is CCOc1cccc(NCc2cc(C)sc2C)c1. The van der Waals surface area contributed by atoms with Gasteiger partial charge in [0.05, 0.1) is 6.61 Å². The Morgan fingerprint density at radius 2 is 2.06 bits per heavy atom. The molecule has 2 nitrogen and oxygen atoms in total. The van der Waals surface area contributed by atoms with E-state index < -0.39 is 0 Å². The second-order valence-corrected chi connectivity index (χ2v) is 5.71. The number of anilines is 1. The molecule has 0 unspecified atom stereocenters. The van der Waals surface area contributed by atoms with Crippen LogP contribution in [0.2, 0.25) is 0 Å². The molecule has 0 aliphatic carbocycles. The highest BCUT2D eigenvalue weighted by molar-refractivity contribution is 7.12. The van der Waals surface area contributed by atoms with Gasteiger partial charge in [-0.2, -0.15) is 0 Å². The average Bonchev–Trinajstić information content (AvgIpc) is 2.66. The van der Waals surface area contributed by atoms with Crippen LogP contribution < -0.4 is 10.1 Å². The van der Waals surface area contributed by atoms with E-state index in [1.165, 1.54) is 15.3 Å². The maximum Gasteiger partial charge on any atom is 0.121 e. The predicted molar refractivity (Wildman–Crippen MR) is 78.7 cm³/mol. The molecule has 0 saturated heterocycles. The standard InChI is InChI=1S/C15H19NOS/c1-4-17-15-7-5-6-14(9-15)16-10-13-8-11(2)18-12(13)3/h5-9,16H,4,10H2,1-3H3. The molecule has 2 rings (SSSR count). The molecule has 1 N–H and O–H groups in total. The molecule has 0 aliphatic rings. The Balaban J connectivity index is 2.01. The summed E-state index contributed by atoms with van der Waals surface area (Å²) < 4.78 is 5.49. The van der Waals surface area contributed by atoms with Gasteiger partial charge in [-0.05, 0) is 44.5 Å². The first-order valence-electron chi connectivity index (χ1n) is 6.21. The molecule has 0 bridgehead atoms. The van der Waals surface area contributed by atoms with Gasteiger partial charge in [0.25, 0.3) is 0 Å². The molecule has 96 valence electrons. The summed E-state index contributed by atoms with van der Waals surface area (Å²) >= 11 is 1.85. The van der Waals surface area contributed by atoms with E-state index in [9.17, 15) is 0 Å². The molecule has 1 aromatic heterocycles. The van der Waals surface area contributed by atoms with E-state index in [4.69, 9.17) is 4.74 Å². The van der Waals surface area contributed by atoms with Crippen LogP contribution in [0.5, 0.6) is 5.75 Å². The summed E-state index contributed by atoms with van der Waals surface area (Å²) in [4.78, 5) is 2.76. The topological polar surface area (TPSA) is 21.3 Å². The highest BCUT2D eigenvalue weighted by atomic mass is 32.1. The molecule has 0 atom stereocenters. The van der Waals surface area contributed by atoms with E-state index in [0.717, 1.165) is 18.0 Å². The first-order valence-corrected chi connectivity index (χ1v) is 7.03. The van der Waals surface area contributed by atoms with Crippen LogP contribution in [0.3, 0.4) is 0 Å². The van der Waals surface area contributed by atoms with Crippen molar-refractivity contribution >= 4 is 17.0 Å². The van der Waals surface area contributed by atoms with Crippen LogP contribution in [0.4, 0.5) is 5.69 Å². The van der Waals surface area contributed by atoms with Gasteiger partial charge in [0.1, 0.15) is 5.75 Å². The molecule has 3 heteroatoms. The lowest BCUT2D eigenvalue weighted by Gasteiger charge is -2.08. The largest absolute Gasteiger partial charge is 0.494 e. The average molecular weight is 261 g/mol. The summed E-state index contributed by atoms with van der Waals surface area (Å²) in [7, 11) is 0. The van der Waals surface area contributed by atoms with Gasteiger partial charge < -0.3 is 10.1 Å². The normalized spacial score (nSPS) is 10.4. The van der Waals surface area contributed by atoms with Crippen LogP contribution in [0.15, 0.2) is 30.3 Å². The number of aryl methyl sites for hydroxylation is 2. The first-order chi connectivity index (χ1) is 8.69. The van der Waals surface area contributed by atoms with E-state index in [1.807, 2.05) is 36.5 Å². The maximum atomic E-state index is 5.49. The van der Waals surface area contributed by atoms with Crippen LogP contribution in [-0.2, 0) is 6.54 Å². The summed E-state index contributed by atoms with van der Waals surface area (Å²) in [6.07, 6.45) is 0. The fraction of sp³-hybridized carbons (Fsp3) is 0.333. The minimum atomic E-state index is 0.701. The molecular formula is C15H19NOS. The van der Waals surface area contributed by atoms with Crippen molar-refractivity contribution in [3.8, 4) is 5.75 Å². The molecule has 0 saturated carbocycles. The van der Waals surface area contributed by atoms with Gasteiger partial charge in [0.2, 0.25) is 0 Å². The predicted octanol–water partition coefficient (Wildman–Crippen LogP) is 4.38. The molecule has 0 spiro atoms. The zero-order valence-electron chi connectivity index (χ0n) is 11.1. The quantitative estimate of drug-likeness (QED) is 0.862. The number of benzene rings is 1. The molecule has 0 amide bonds. The summed E-state index contributed by atoms with van der Waals surface area (Å²) in [5.74, 6) is 0.917. The number of thiophene rings is 1. The zero-order valence-corrected chi connectivity index (χ0v) is 11.9. The van der Waals surface area contributed by atoms with Crippen molar-refractivity contribution in [3.05, 3.63) is 45.6 Å². The lowest BCUT2D eigenvalue weighted by Crippen LogP contribution is -2.00. The zero-order chi connectivity index (χ0) is 13.0. The summed E-state index contributed by atoms with van der Waals surface area (Å²) in [6, 6.07) is 10.3. The van der Waals surface area contributed by atoms with Crippen molar-refractivity contribution in [1.82, 2.24) is 0 Å². The maximum absolute atomic E-state index is 5.49. The summed E-state index contributed by atoms with van der Waals surface area (Å²) in [5, 5.41) is 3.44.